The fraction of sp³-hybridized carbons (Fsp3) is 0.364. The Balaban J connectivity index is 1.39. The van der Waals surface area contributed by atoms with Crippen LogP contribution in [0.4, 0.5) is 0 Å². The minimum atomic E-state index is -0.597. The molecule has 1 fully saturated rings. The van der Waals surface area contributed by atoms with E-state index in [0.29, 0.717) is 12.4 Å². The molecule has 0 bridgehead atoms. The zero-order valence-corrected chi connectivity index (χ0v) is 15.6. The second-order valence-corrected chi connectivity index (χ2v) is 7.17. The van der Waals surface area contributed by atoms with E-state index in [1.807, 2.05) is 49.4 Å². The Morgan fingerprint density at radius 1 is 1.07 bits per heavy atom. The molecule has 2 aromatic carbocycles. The van der Waals surface area contributed by atoms with Crippen molar-refractivity contribution in [2.45, 2.75) is 31.8 Å². The second-order valence-electron chi connectivity index (χ2n) is 7.17. The normalized spacial score (nSPS) is 19.0. The summed E-state index contributed by atoms with van der Waals surface area (Å²) in [6.07, 6.45) is 1.51. The molecule has 27 heavy (non-hydrogen) atoms. The lowest BCUT2D eigenvalue weighted by Gasteiger charge is -2.35. The molecule has 0 saturated carbocycles. The molecule has 1 N–H and O–H groups in total. The zero-order chi connectivity index (χ0) is 18.7. The highest BCUT2D eigenvalue weighted by molar-refractivity contribution is 6.15. The summed E-state index contributed by atoms with van der Waals surface area (Å²) >= 11 is 0. The van der Waals surface area contributed by atoms with Gasteiger partial charge in [-0.2, -0.15) is 0 Å². The standard InChI is InChI=1S/C22H25N3O2/c1-2-27-19-10-8-17(9-11-19)16-25-14-12-22(13-15-25)21(26)23-20(24-22)18-6-4-3-5-7-18/h3-11H,2,12-16H2,1H3,(H,23,24,26). The number of aliphatic imine (C=N–C) groups is 1. The summed E-state index contributed by atoms with van der Waals surface area (Å²) in [5.41, 5.74) is 1.64. The van der Waals surface area contributed by atoms with Crippen molar-refractivity contribution >= 4 is 11.7 Å². The van der Waals surface area contributed by atoms with Crippen LogP contribution in [0.25, 0.3) is 0 Å². The largest absolute Gasteiger partial charge is 0.494 e. The predicted octanol–water partition coefficient (Wildman–Crippen LogP) is 3.00. The quantitative estimate of drug-likeness (QED) is 0.888. The average Bonchev–Trinajstić information content (AvgIpc) is 3.02. The average molecular weight is 363 g/mol. The third-order valence-corrected chi connectivity index (χ3v) is 5.35. The lowest BCUT2D eigenvalue weighted by atomic mass is 9.88. The van der Waals surface area contributed by atoms with Crippen LogP contribution >= 0.6 is 0 Å². The summed E-state index contributed by atoms with van der Waals surface area (Å²) < 4.78 is 5.50. The van der Waals surface area contributed by atoms with Gasteiger partial charge in [0, 0.05) is 25.2 Å². The molecule has 5 heteroatoms. The van der Waals surface area contributed by atoms with Crippen LogP contribution in [0.2, 0.25) is 0 Å². The highest BCUT2D eigenvalue weighted by atomic mass is 16.5. The molecule has 4 rings (SSSR count). The van der Waals surface area contributed by atoms with Crippen molar-refractivity contribution in [1.29, 1.82) is 0 Å². The van der Waals surface area contributed by atoms with Crippen molar-refractivity contribution in [1.82, 2.24) is 10.2 Å². The van der Waals surface area contributed by atoms with E-state index in [1.165, 1.54) is 5.56 Å². The summed E-state index contributed by atoms with van der Waals surface area (Å²) in [5, 5.41) is 2.99. The Kier molecular flexibility index (Phi) is 4.94. The van der Waals surface area contributed by atoms with Crippen LogP contribution in [0.1, 0.15) is 30.9 Å². The number of carbonyl (C=O) groups excluding carboxylic acids is 1. The first-order valence-corrected chi connectivity index (χ1v) is 9.59. The van der Waals surface area contributed by atoms with E-state index in [4.69, 9.17) is 9.73 Å². The van der Waals surface area contributed by atoms with Crippen molar-refractivity contribution in [3.05, 3.63) is 65.7 Å². The molecular formula is C22H25N3O2. The molecule has 0 aromatic heterocycles. The predicted molar refractivity (Wildman–Crippen MR) is 106 cm³/mol. The lowest BCUT2D eigenvalue weighted by Crippen LogP contribution is -2.48. The zero-order valence-electron chi connectivity index (χ0n) is 15.6. The number of carbonyl (C=O) groups is 1. The summed E-state index contributed by atoms with van der Waals surface area (Å²) in [6, 6.07) is 18.1. The van der Waals surface area contributed by atoms with Gasteiger partial charge in [-0.15, -0.1) is 0 Å². The maximum atomic E-state index is 12.6. The summed E-state index contributed by atoms with van der Waals surface area (Å²) in [6.45, 7) is 5.29. The molecular weight excluding hydrogens is 338 g/mol. The molecule has 5 nitrogen and oxygen atoms in total. The molecule has 1 amide bonds. The van der Waals surface area contributed by atoms with Crippen LogP contribution in [-0.4, -0.2) is 41.9 Å². The van der Waals surface area contributed by atoms with Crippen molar-refractivity contribution < 1.29 is 9.53 Å². The molecule has 0 unspecified atom stereocenters. The smallest absolute Gasteiger partial charge is 0.253 e. The number of amidine groups is 1. The first-order chi connectivity index (χ1) is 13.2. The van der Waals surface area contributed by atoms with Gasteiger partial charge in [-0.05, 0) is 37.5 Å². The fourth-order valence-corrected chi connectivity index (χ4v) is 3.79. The number of hydrogen-bond acceptors (Lipinski definition) is 4. The first-order valence-electron chi connectivity index (χ1n) is 9.59. The molecule has 0 radical (unpaired) electrons. The number of nitrogens with one attached hydrogen (secondary N) is 1. The molecule has 1 saturated heterocycles. The maximum Gasteiger partial charge on any atom is 0.253 e. The Morgan fingerprint density at radius 3 is 2.44 bits per heavy atom. The van der Waals surface area contributed by atoms with Crippen molar-refractivity contribution in [3.8, 4) is 5.75 Å². The molecule has 140 valence electrons. The number of hydrogen-bond donors (Lipinski definition) is 1. The van der Waals surface area contributed by atoms with Gasteiger partial charge < -0.3 is 10.1 Å². The Bertz CT molecular complexity index is 822. The number of nitrogens with zero attached hydrogens (tertiary/aromatic N) is 2. The van der Waals surface area contributed by atoms with Crippen LogP contribution < -0.4 is 10.1 Å². The van der Waals surface area contributed by atoms with Crippen LogP contribution in [0.5, 0.6) is 5.75 Å². The Labute approximate surface area is 160 Å². The van der Waals surface area contributed by atoms with E-state index in [0.717, 1.165) is 43.8 Å². The molecule has 2 aromatic rings. The summed E-state index contributed by atoms with van der Waals surface area (Å²) in [7, 11) is 0. The monoisotopic (exact) mass is 363 g/mol. The molecule has 2 aliphatic rings. The molecule has 2 aliphatic heterocycles. The third kappa shape index (κ3) is 3.74. The summed E-state index contributed by atoms with van der Waals surface area (Å²) in [4.78, 5) is 19.9. The van der Waals surface area contributed by atoms with Gasteiger partial charge >= 0.3 is 0 Å². The molecule has 0 atom stereocenters. The number of amides is 1. The number of ether oxygens (including phenoxy) is 1. The molecule has 2 heterocycles. The summed E-state index contributed by atoms with van der Waals surface area (Å²) in [5.74, 6) is 1.66. The van der Waals surface area contributed by atoms with E-state index in [2.05, 4.69) is 22.3 Å². The maximum absolute atomic E-state index is 12.6. The SMILES string of the molecule is CCOc1ccc(CN2CCC3(CC2)N=C(c2ccccc2)NC3=O)cc1. The van der Waals surface area contributed by atoms with Gasteiger partial charge in [-0.3, -0.25) is 14.7 Å². The van der Waals surface area contributed by atoms with Crippen LogP contribution in [0, 0.1) is 0 Å². The number of piperidine rings is 1. The number of benzene rings is 2. The van der Waals surface area contributed by atoms with Crippen molar-refractivity contribution in [3.63, 3.8) is 0 Å². The second kappa shape index (κ2) is 7.53. The molecule has 1 spiro atoms. The minimum Gasteiger partial charge on any atom is -0.494 e. The van der Waals surface area contributed by atoms with Crippen LogP contribution in [-0.2, 0) is 11.3 Å². The van der Waals surface area contributed by atoms with E-state index in [9.17, 15) is 4.79 Å². The lowest BCUT2D eigenvalue weighted by molar-refractivity contribution is -0.125. The van der Waals surface area contributed by atoms with Gasteiger partial charge in [0.2, 0.25) is 0 Å². The minimum absolute atomic E-state index is 0.0436. The highest BCUT2D eigenvalue weighted by Gasteiger charge is 2.45. The van der Waals surface area contributed by atoms with Gasteiger partial charge in [0.25, 0.3) is 5.91 Å². The van der Waals surface area contributed by atoms with E-state index in [-0.39, 0.29) is 5.91 Å². The van der Waals surface area contributed by atoms with Crippen molar-refractivity contribution in [2.24, 2.45) is 4.99 Å². The van der Waals surface area contributed by atoms with Gasteiger partial charge in [0.1, 0.15) is 17.1 Å². The Hall–Kier alpha value is -2.66. The van der Waals surface area contributed by atoms with Crippen molar-refractivity contribution in [2.75, 3.05) is 19.7 Å². The van der Waals surface area contributed by atoms with Gasteiger partial charge in [0.05, 0.1) is 6.61 Å². The van der Waals surface area contributed by atoms with E-state index >= 15 is 0 Å². The molecule has 0 aliphatic carbocycles. The first kappa shape index (κ1) is 17.7. The topological polar surface area (TPSA) is 53.9 Å². The number of likely N-dealkylation sites (tertiary alicyclic amines) is 1. The Morgan fingerprint density at radius 2 is 1.78 bits per heavy atom. The third-order valence-electron chi connectivity index (χ3n) is 5.35. The highest BCUT2D eigenvalue weighted by Crippen LogP contribution is 2.31. The van der Waals surface area contributed by atoms with Gasteiger partial charge in [-0.1, -0.05) is 42.5 Å². The van der Waals surface area contributed by atoms with E-state index in [1.54, 1.807) is 0 Å². The fourth-order valence-electron chi connectivity index (χ4n) is 3.79. The number of rotatable bonds is 5. The van der Waals surface area contributed by atoms with Crippen LogP contribution in [0.3, 0.4) is 0 Å². The van der Waals surface area contributed by atoms with Gasteiger partial charge in [-0.25, -0.2) is 0 Å². The van der Waals surface area contributed by atoms with Gasteiger partial charge in [0.15, 0.2) is 0 Å². The van der Waals surface area contributed by atoms with Crippen LogP contribution in [0.15, 0.2) is 59.6 Å². The van der Waals surface area contributed by atoms with E-state index < -0.39 is 5.54 Å².